The van der Waals surface area contributed by atoms with Crippen LogP contribution < -0.4 is 4.74 Å². The third-order valence-electron chi connectivity index (χ3n) is 2.40. The molecule has 0 unspecified atom stereocenters. The summed E-state index contributed by atoms with van der Waals surface area (Å²) in [5.41, 5.74) is 2.24. The molecule has 2 rings (SSSR count). The molecule has 0 aliphatic heterocycles. The van der Waals surface area contributed by atoms with Crippen molar-refractivity contribution in [2.24, 2.45) is 0 Å². The average Bonchev–Trinajstić information content (AvgIpc) is 2.38. The predicted octanol–water partition coefficient (Wildman–Crippen LogP) is 3.22. The molecule has 1 aromatic heterocycles. The van der Waals surface area contributed by atoms with Gasteiger partial charge in [0, 0.05) is 18.0 Å². The van der Waals surface area contributed by atoms with Gasteiger partial charge < -0.3 is 4.74 Å². The first-order valence-corrected chi connectivity index (χ1v) is 5.50. The van der Waals surface area contributed by atoms with E-state index in [1.807, 2.05) is 30.3 Å². The lowest BCUT2D eigenvalue weighted by molar-refractivity contribution is 0.305. The first kappa shape index (κ1) is 10.7. The monoisotopic (exact) mass is 213 g/mol. The lowest BCUT2D eigenvalue weighted by Crippen LogP contribution is -1.96. The van der Waals surface area contributed by atoms with Crippen molar-refractivity contribution >= 4 is 0 Å². The molecule has 2 heteroatoms. The van der Waals surface area contributed by atoms with Crippen LogP contribution >= 0.6 is 0 Å². The quantitative estimate of drug-likeness (QED) is 0.778. The summed E-state index contributed by atoms with van der Waals surface area (Å²) < 4.78 is 5.69. The molecule has 0 radical (unpaired) electrons. The van der Waals surface area contributed by atoms with E-state index in [1.54, 1.807) is 6.20 Å². The maximum absolute atomic E-state index is 5.69. The average molecular weight is 213 g/mol. The minimum Gasteiger partial charge on any atom is -0.489 e. The Bertz CT molecular complexity index is 439. The Kier molecular flexibility index (Phi) is 3.54. The summed E-state index contributed by atoms with van der Waals surface area (Å²) >= 11 is 0. The van der Waals surface area contributed by atoms with Gasteiger partial charge in [-0.25, -0.2) is 0 Å². The van der Waals surface area contributed by atoms with Crippen LogP contribution in [0.15, 0.2) is 48.7 Å². The molecule has 2 aromatic rings. The van der Waals surface area contributed by atoms with Gasteiger partial charge in [-0.1, -0.05) is 37.3 Å². The van der Waals surface area contributed by atoms with Crippen LogP contribution in [-0.2, 0) is 13.0 Å². The van der Waals surface area contributed by atoms with Gasteiger partial charge in [0.15, 0.2) is 0 Å². The van der Waals surface area contributed by atoms with Crippen molar-refractivity contribution in [3.63, 3.8) is 0 Å². The Morgan fingerprint density at radius 3 is 2.69 bits per heavy atom. The van der Waals surface area contributed by atoms with E-state index >= 15 is 0 Å². The fourth-order valence-electron chi connectivity index (χ4n) is 1.48. The van der Waals surface area contributed by atoms with Crippen molar-refractivity contribution in [1.29, 1.82) is 0 Å². The summed E-state index contributed by atoms with van der Waals surface area (Å²) in [6.45, 7) is 2.69. The van der Waals surface area contributed by atoms with E-state index < -0.39 is 0 Å². The van der Waals surface area contributed by atoms with Gasteiger partial charge in [-0.05, 0) is 18.1 Å². The van der Waals surface area contributed by atoms with Gasteiger partial charge in [0.25, 0.3) is 0 Å². The molecular weight excluding hydrogens is 198 g/mol. The molecule has 0 N–H and O–H groups in total. The Labute approximate surface area is 95.9 Å². The first-order valence-electron chi connectivity index (χ1n) is 5.50. The van der Waals surface area contributed by atoms with Crippen LogP contribution in [-0.4, -0.2) is 4.98 Å². The van der Waals surface area contributed by atoms with Crippen LogP contribution in [0.4, 0.5) is 0 Å². The number of nitrogens with zero attached hydrogens (tertiary/aromatic N) is 1. The zero-order valence-electron chi connectivity index (χ0n) is 9.39. The third-order valence-corrected chi connectivity index (χ3v) is 2.40. The molecule has 0 amide bonds. The van der Waals surface area contributed by atoms with Crippen LogP contribution in [0.1, 0.15) is 18.2 Å². The second kappa shape index (κ2) is 5.31. The van der Waals surface area contributed by atoms with E-state index in [4.69, 9.17) is 4.74 Å². The summed E-state index contributed by atoms with van der Waals surface area (Å²) in [5.74, 6) is 0.885. The molecule has 0 aliphatic rings. The topological polar surface area (TPSA) is 22.1 Å². The van der Waals surface area contributed by atoms with Gasteiger partial charge in [0.05, 0.1) is 0 Å². The van der Waals surface area contributed by atoms with Gasteiger partial charge in [-0.15, -0.1) is 0 Å². The summed E-state index contributed by atoms with van der Waals surface area (Å²) in [6, 6.07) is 14.0. The number of aryl methyl sites for hydroxylation is 1. The molecule has 0 saturated heterocycles. The molecular formula is C14H15NO. The van der Waals surface area contributed by atoms with Crippen LogP contribution in [0.2, 0.25) is 0 Å². The molecule has 0 aliphatic carbocycles. The maximum Gasteiger partial charge on any atom is 0.123 e. The SMILES string of the molecule is CCc1cc(OCc2ccccc2)ccn1. The Morgan fingerprint density at radius 1 is 1.12 bits per heavy atom. The van der Waals surface area contributed by atoms with E-state index in [0.29, 0.717) is 6.61 Å². The van der Waals surface area contributed by atoms with E-state index in [0.717, 1.165) is 17.9 Å². The van der Waals surface area contributed by atoms with Crippen LogP contribution in [0.25, 0.3) is 0 Å². The fourth-order valence-corrected chi connectivity index (χ4v) is 1.48. The Hall–Kier alpha value is -1.83. The Balaban J connectivity index is 1.99. The van der Waals surface area contributed by atoms with Crippen LogP contribution in [0.3, 0.4) is 0 Å². The van der Waals surface area contributed by atoms with Crippen LogP contribution in [0.5, 0.6) is 5.75 Å². The lowest BCUT2D eigenvalue weighted by atomic mass is 10.2. The standard InChI is InChI=1S/C14H15NO/c1-2-13-10-14(8-9-15-13)16-11-12-6-4-3-5-7-12/h3-10H,2,11H2,1H3. The number of aromatic nitrogens is 1. The first-order chi connectivity index (χ1) is 7.88. The number of rotatable bonds is 4. The summed E-state index contributed by atoms with van der Waals surface area (Å²) in [5, 5.41) is 0. The molecule has 0 spiro atoms. The Morgan fingerprint density at radius 2 is 1.94 bits per heavy atom. The summed E-state index contributed by atoms with van der Waals surface area (Å²) in [4.78, 5) is 4.23. The molecule has 0 atom stereocenters. The smallest absolute Gasteiger partial charge is 0.123 e. The van der Waals surface area contributed by atoms with E-state index in [2.05, 4.69) is 24.0 Å². The summed E-state index contributed by atoms with van der Waals surface area (Å²) in [7, 11) is 0. The normalized spacial score (nSPS) is 10.1. The van der Waals surface area contributed by atoms with Crippen molar-refractivity contribution in [1.82, 2.24) is 4.98 Å². The molecule has 16 heavy (non-hydrogen) atoms. The van der Waals surface area contributed by atoms with Gasteiger partial charge >= 0.3 is 0 Å². The van der Waals surface area contributed by atoms with Crippen molar-refractivity contribution in [3.05, 3.63) is 59.9 Å². The third kappa shape index (κ3) is 2.83. The van der Waals surface area contributed by atoms with Gasteiger partial charge in [-0.3, -0.25) is 4.98 Å². The molecule has 0 fully saturated rings. The van der Waals surface area contributed by atoms with E-state index in [9.17, 15) is 0 Å². The van der Waals surface area contributed by atoms with Gasteiger partial charge in [0.1, 0.15) is 12.4 Å². The highest BCUT2D eigenvalue weighted by molar-refractivity contribution is 5.23. The highest BCUT2D eigenvalue weighted by Crippen LogP contribution is 2.13. The molecule has 0 bridgehead atoms. The zero-order chi connectivity index (χ0) is 11.2. The molecule has 82 valence electrons. The van der Waals surface area contributed by atoms with E-state index in [-0.39, 0.29) is 0 Å². The molecule has 1 aromatic carbocycles. The predicted molar refractivity (Wildman–Crippen MR) is 64.4 cm³/mol. The van der Waals surface area contributed by atoms with Gasteiger partial charge in [0.2, 0.25) is 0 Å². The minimum atomic E-state index is 0.605. The number of hydrogen-bond acceptors (Lipinski definition) is 2. The number of benzene rings is 1. The molecule has 2 nitrogen and oxygen atoms in total. The molecule has 0 saturated carbocycles. The highest BCUT2D eigenvalue weighted by Gasteiger charge is 1.97. The second-order valence-electron chi connectivity index (χ2n) is 3.61. The number of pyridine rings is 1. The largest absolute Gasteiger partial charge is 0.489 e. The minimum absolute atomic E-state index is 0.605. The summed E-state index contributed by atoms with van der Waals surface area (Å²) in [6.07, 6.45) is 2.72. The number of ether oxygens (including phenoxy) is 1. The zero-order valence-corrected chi connectivity index (χ0v) is 9.39. The van der Waals surface area contributed by atoms with Crippen LogP contribution in [0, 0.1) is 0 Å². The van der Waals surface area contributed by atoms with E-state index in [1.165, 1.54) is 5.56 Å². The van der Waals surface area contributed by atoms with Crippen molar-refractivity contribution in [2.45, 2.75) is 20.0 Å². The second-order valence-corrected chi connectivity index (χ2v) is 3.61. The highest BCUT2D eigenvalue weighted by atomic mass is 16.5. The van der Waals surface area contributed by atoms with Crippen molar-refractivity contribution in [2.75, 3.05) is 0 Å². The fraction of sp³-hybridized carbons (Fsp3) is 0.214. The lowest BCUT2D eigenvalue weighted by Gasteiger charge is -2.06. The van der Waals surface area contributed by atoms with Gasteiger partial charge in [-0.2, -0.15) is 0 Å². The maximum atomic E-state index is 5.69. The van der Waals surface area contributed by atoms with Crippen molar-refractivity contribution in [3.8, 4) is 5.75 Å². The van der Waals surface area contributed by atoms with Crippen molar-refractivity contribution < 1.29 is 4.74 Å². The molecule has 1 heterocycles. The number of hydrogen-bond donors (Lipinski definition) is 0.